The van der Waals surface area contributed by atoms with Crippen molar-refractivity contribution in [3.63, 3.8) is 0 Å². The van der Waals surface area contributed by atoms with Gasteiger partial charge in [-0.3, -0.25) is 10.1 Å². The third kappa shape index (κ3) is 4.64. The van der Waals surface area contributed by atoms with Crippen molar-refractivity contribution in [1.29, 1.82) is 0 Å². The molecular formula is C20H18Cl2N2OS. The Hall–Kier alpha value is -1.88. The van der Waals surface area contributed by atoms with Crippen LogP contribution >= 0.6 is 34.5 Å². The van der Waals surface area contributed by atoms with Crippen LogP contribution in [-0.4, -0.2) is 10.9 Å². The van der Waals surface area contributed by atoms with Gasteiger partial charge in [0, 0.05) is 16.5 Å². The summed E-state index contributed by atoms with van der Waals surface area (Å²) < 4.78 is 0. The summed E-state index contributed by atoms with van der Waals surface area (Å²) in [6, 6.07) is 13.2. The molecule has 0 saturated heterocycles. The lowest BCUT2D eigenvalue weighted by Gasteiger charge is -2.05. The number of nitrogens with one attached hydrogen (secondary N) is 1. The second kappa shape index (κ2) is 8.21. The van der Waals surface area contributed by atoms with Gasteiger partial charge >= 0.3 is 0 Å². The summed E-state index contributed by atoms with van der Waals surface area (Å²) in [4.78, 5) is 16.8. The molecule has 0 radical (unpaired) electrons. The Morgan fingerprint density at radius 3 is 2.50 bits per heavy atom. The minimum atomic E-state index is -0.267. The van der Waals surface area contributed by atoms with Gasteiger partial charge in [0.2, 0.25) is 0 Å². The molecule has 0 atom stereocenters. The molecule has 1 N–H and O–H groups in total. The average Bonchev–Trinajstić information content (AvgIpc) is 3.06. The molecule has 134 valence electrons. The molecule has 0 spiro atoms. The molecule has 26 heavy (non-hydrogen) atoms. The fraction of sp³-hybridized carbons (Fsp3) is 0.200. The maximum Gasteiger partial charge on any atom is 0.257 e. The molecule has 1 aromatic heterocycles. The van der Waals surface area contributed by atoms with E-state index in [0.29, 0.717) is 26.7 Å². The summed E-state index contributed by atoms with van der Waals surface area (Å²) in [7, 11) is 0. The number of aromatic nitrogens is 1. The average molecular weight is 405 g/mol. The first-order chi connectivity index (χ1) is 12.4. The summed E-state index contributed by atoms with van der Waals surface area (Å²) in [5.41, 5.74) is 3.63. The van der Waals surface area contributed by atoms with Crippen molar-refractivity contribution >= 4 is 45.6 Å². The van der Waals surface area contributed by atoms with Crippen LogP contribution < -0.4 is 5.32 Å². The second-order valence-electron chi connectivity index (χ2n) is 6.42. The highest BCUT2D eigenvalue weighted by molar-refractivity contribution is 7.14. The zero-order valence-electron chi connectivity index (χ0n) is 14.4. The lowest BCUT2D eigenvalue weighted by Crippen LogP contribution is -2.11. The molecule has 3 aromatic rings. The number of anilines is 1. The number of benzene rings is 2. The van der Waals surface area contributed by atoms with Crippen LogP contribution in [0.15, 0.2) is 47.8 Å². The van der Waals surface area contributed by atoms with Crippen LogP contribution in [0, 0.1) is 5.92 Å². The Kier molecular flexibility index (Phi) is 5.97. The summed E-state index contributed by atoms with van der Waals surface area (Å²) in [5.74, 6) is 0.361. The Morgan fingerprint density at radius 1 is 1.12 bits per heavy atom. The third-order valence-electron chi connectivity index (χ3n) is 3.80. The first-order valence-electron chi connectivity index (χ1n) is 8.23. The van der Waals surface area contributed by atoms with E-state index >= 15 is 0 Å². The summed E-state index contributed by atoms with van der Waals surface area (Å²) in [5, 5.41) is 6.04. The van der Waals surface area contributed by atoms with Crippen molar-refractivity contribution < 1.29 is 4.79 Å². The number of hydrogen-bond acceptors (Lipinski definition) is 3. The van der Waals surface area contributed by atoms with Crippen LogP contribution in [0.3, 0.4) is 0 Å². The number of carbonyl (C=O) groups is 1. The highest BCUT2D eigenvalue weighted by Gasteiger charge is 2.11. The molecule has 0 bridgehead atoms. The van der Waals surface area contributed by atoms with Crippen molar-refractivity contribution in [3.8, 4) is 11.3 Å². The van der Waals surface area contributed by atoms with Gasteiger partial charge < -0.3 is 0 Å². The summed E-state index contributed by atoms with van der Waals surface area (Å²) >= 11 is 13.2. The van der Waals surface area contributed by atoms with E-state index < -0.39 is 0 Å². The van der Waals surface area contributed by atoms with Crippen LogP contribution in [0.4, 0.5) is 5.13 Å². The zero-order chi connectivity index (χ0) is 18.7. The SMILES string of the molecule is CC(C)Cc1ccc(-c2csc(NC(=O)c3ccc(Cl)c(Cl)c3)n2)cc1. The van der Waals surface area contributed by atoms with Gasteiger partial charge in [-0.25, -0.2) is 4.98 Å². The van der Waals surface area contributed by atoms with Crippen LogP contribution in [0.25, 0.3) is 11.3 Å². The molecule has 3 nitrogen and oxygen atoms in total. The molecule has 0 aliphatic carbocycles. The Balaban J connectivity index is 1.71. The maximum absolute atomic E-state index is 12.3. The molecule has 0 saturated carbocycles. The van der Waals surface area contributed by atoms with Crippen LogP contribution in [-0.2, 0) is 6.42 Å². The molecule has 1 amide bonds. The quantitative estimate of drug-likeness (QED) is 0.522. The van der Waals surface area contributed by atoms with Gasteiger partial charge in [-0.05, 0) is 36.1 Å². The van der Waals surface area contributed by atoms with Crippen molar-refractivity contribution in [2.24, 2.45) is 5.92 Å². The standard InChI is InChI=1S/C20H18Cl2N2OS/c1-12(2)9-13-3-5-14(6-4-13)18-11-26-20(23-18)24-19(25)15-7-8-16(21)17(22)10-15/h3-8,10-12H,9H2,1-2H3,(H,23,24,25). The van der Waals surface area contributed by atoms with E-state index in [4.69, 9.17) is 23.2 Å². The number of thiazole rings is 1. The number of carbonyl (C=O) groups excluding carboxylic acids is 1. The minimum absolute atomic E-state index is 0.267. The van der Waals surface area contributed by atoms with Gasteiger partial charge in [-0.1, -0.05) is 61.3 Å². The van der Waals surface area contributed by atoms with Crippen molar-refractivity contribution in [3.05, 3.63) is 69.0 Å². The van der Waals surface area contributed by atoms with Gasteiger partial charge in [-0.2, -0.15) is 0 Å². The number of hydrogen-bond donors (Lipinski definition) is 1. The van der Waals surface area contributed by atoms with Gasteiger partial charge in [0.05, 0.1) is 15.7 Å². The van der Waals surface area contributed by atoms with Crippen molar-refractivity contribution in [1.82, 2.24) is 4.98 Å². The first-order valence-corrected chi connectivity index (χ1v) is 9.87. The zero-order valence-corrected chi connectivity index (χ0v) is 16.8. The van der Waals surface area contributed by atoms with E-state index in [1.165, 1.54) is 16.9 Å². The molecule has 0 unspecified atom stereocenters. The number of nitrogens with zero attached hydrogens (tertiary/aromatic N) is 1. The highest BCUT2D eigenvalue weighted by atomic mass is 35.5. The molecule has 2 aromatic carbocycles. The Labute approximate surface area is 167 Å². The highest BCUT2D eigenvalue weighted by Crippen LogP contribution is 2.27. The molecule has 0 aliphatic rings. The van der Waals surface area contributed by atoms with E-state index in [1.54, 1.807) is 18.2 Å². The monoisotopic (exact) mass is 404 g/mol. The van der Waals surface area contributed by atoms with Crippen LogP contribution in [0.5, 0.6) is 0 Å². The van der Waals surface area contributed by atoms with E-state index in [0.717, 1.165) is 17.7 Å². The van der Waals surface area contributed by atoms with Crippen molar-refractivity contribution in [2.45, 2.75) is 20.3 Å². The van der Waals surface area contributed by atoms with Crippen LogP contribution in [0.1, 0.15) is 29.8 Å². The van der Waals surface area contributed by atoms with Crippen LogP contribution in [0.2, 0.25) is 10.0 Å². The van der Waals surface area contributed by atoms with Gasteiger partial charge in [0.15, 0.2) is 5.13 Å². The second-order valence-corrected chi connectivity index (χ2v) is 8.09. The molecule has 1 heterocycles. The number of rotatable bonds is 5. The molecule has 6 heteroatoms. The Bertz CT molecular complexity index is 920. The normalized spacial score (nSPS) is 11.0. The van der Waals surface area contributed by atoms with E-state index in [2.05, 4.69) is 48.4 Å². The third-order valence-corrected chi connectivity index (χ3v) is 5.30. The fourth-order valence-electron chi connectivity index (χ4n) is 2.55. The topological polar surface area (TPSA) is 42.0 Å². The van der Waals surface area contributed by atoms with E-state index in [9.17, 15) is 4.79 Å². The number of halogens is 2. The summed E-state index contributed by atoms with van der Waals surface area (Å²) in [6.45, 7) is 4.41. The molecule has 0 fully saturated rings. The summed E-state index contributed by atoms with van der Waals surface area (Å²) in [6.07, 6.45) is 1.06. The predicted octanol–water partition coefficient (Wildman–Crippen LogP) is 6.57. The van der Waals surface area contributed by atoms with E-state index in [-0.39, 0.29) is 5.91 Å². The lowest BCUT2D eigenvalue weighted by molar-refractivity contribution is 0.102. The Morgan fingerprint density at radius 2 is 1.85 bits per heavy atom. The van der Waals surface area contributed by atoms with E-state index in [1.807, 2.05) is 5.38 Å². The van der Waals surface area contributed by atoms with Gasteiger partial charge in [0.1, 0.15) is 0 Å². The first kappa shape index (κ1) is 18.9. The lowest BCUT2D eigenvalue weighted by atomic mass is 10.0. The number of amides is 1. The maximum atomic E-state index is 12.3. The molecule has 3 rings (SSSR count). The largest absolute Gasteiger partial charge is 0.298 e. The molecule has 0 aliphatic heterocycles. The van der Waals surface area contributed by atoms with Gasteiger partial charge in [-0.15, -0.1) is 11.3 Å². The smallest absolute Gasteiger partial charge is 0.257 e. The fourth-order valence-corrected chi connectivity index (χ4v) is 3.57. The minimum Gasteiger partial charge on any atom is -0.298 e. The molecular weight excluding hydrogens is 387 g/mol. The van der Waals surface area contributed by atoms with Gasteiger partial charge in [0.25, 0.3) is 5.91 Å². The predicted molar refractivity (Wildman–Crippen MR) is 111 cm³/mol. The van der Waals surface area contributed by atoms with Crippen molar-refractivity contribution in [2.75, 3.05) is 5.32 Å².